The van der Waals surface area contributed by atoms with Crippen molar-refractivity contribution in [3.63, 3.8) is 0 Å². The highest BCUT2D eigenvalue weighted by Gasteiger charge is 2.28. The molecule has 1 aromatic rings. The highest BCUT2D eigenvalue weighted by molar-refractivity contribution is 6.31. The van der Waals surface area contributed by atoms with E-state index in [0.717, 1.165) is 5.56 Å². The Balaban J connectivity index is 1.79. The fourth-order valence-corrected chi connectivity index (χ4v) is 1.98. The van der Waals surface area contributed by atoms with Crippen LogP contribution in [-0.4, -0.2) is 18.6 Å². The number of halogens is 1. The molecule has 0 aliphatic heterocycles. The zero-order valence-corrected chi connectivity index (χ0v) is 11.5. The van der Waals surface area contributed by atoms with Crippen molar-refractivity contribution in [2.45, 2.75) is 32.7 Å². The standard InChI is InChI=1S/C14H18ClNO2/c1-9-7-12(5-6-13(9)15)18-8-14(17)16-10(2)11-3-4-11/h5-7,10-11H,3-4,8H2,1-2H3,(H,16,17). The lowest BCUT2D eigenvalue weighted by molar-refractivity contribution is -0.123. The summed E-state index contributed by atoms with van der Waals surface area (Å²) < 4.78 is 5.43. The molecule has 1 unspecified atom stereocenters. The third-order valence-electron chi connectivity index (χ3n) is 3.22. The molecule has 4 heteroatoms. The number of hydrogen-bond donors (Lipinski definition) is 1. The van der Waals surface area contributed by atoms with Gasteiger partial charge in [0.25, 0.3) is 5.91 Å². The van der Waals surface area contributed by atoms with Crippen LogP contribution in [0.5, 0.6) is 5.75 Å². The monoisotopic (exact) mass is 267 g/mol. The molecule has 1 saturated carbocycles. The Morgan fingerprint density at radius 2 is 2.28 bits per heavy atom. The van der Waals surface area contributed by atoms with Gasteiger partial charge < -0.3 is 10.1 Å². The van der Waals surface area contributed by atoms with E-state index in [9.17, 15) is 4.79 Å². The van der Waals surface area contributed by atoms with Crippen molar-refractivity contribution in [2.24, 2.45) is 5.92 Å². The fraction of sp³-hybridized carbons (Fsp3) is 0.500. The van der Waals surface area contributed by atoms with Crippen LogP contribution in [0.2, 0.25) is 5.02 Å². The van der Waals surface area contributed by atoms with Crippen molar-refractivity contribution in [2.75, 3.05) is 6.61 Å². The minimum Gasteiger partial charge on any atom is -0.484 e. The number of ether oxygens (including phenoxy) is 1. The maximum Gasteiger partial charge on any atom is 0.258 e. The first-order valence-corrected chi connectivity index (χ1v) is 6.62. The van der Waals surface area contributed by atoms with Crippen molar-refractivity contribution >= 4 is 17.5 Å². The third kappa shape index (κ3) is 3.64. The normalized spacial score (nSPS) is 16.2. The Morgan fingerprint density at radius 3 is 2.89 bits per heavy atom. The van der Waals surface area contributed by atoms with E-state index in [1.54, 1.807) is 12.1 Å². The predicted molar refractivity (Wildman–Crippen MR) is 72.0 cm³/mol. The van der Waals surface area contributed by atoms with Crippen molar-refractivity contribution in [3.8, 4) is 5.75 Å². The Bertz CT molecular complexity index is 443. The van der Waals surface area contributed by atoms with Gasteiger partial charge in [-0.1, -0.05) is 11.6 Å². The lowest BCUT2D eigenvalue weighted by atomic mass is 10.2. The van der Waals surface area contributed by atoms with Crippen LogP contribution in [0.15, 0.2) is 18.2 Å². The quantitative estimate of drug-likeness (QED) is 0.891. The maximum absolute atomic E-state index is 11.6. The molecule has 1 fully saturated rings. The summed E-state index contributed by atoms with van der Waals surface area (Å²) in [5.74, 6) is 1.26. The SMILES string of the molecule is Cc1cc(OCC(=O)NC(C)C2CC2)ccc1Cl. The molecule has 1 N–H and O–H groups in total. The number of benzene rings is 1. The van der Waals surface area contributed by atoms with Crippen LogP contribution in [0.3, 0.4) is 0 Å². The van der Waals surface area contributed by atoms with E-state index in [2.05, 4.69) is 5.32 Å². The molecule has 3 nitrogen and oxygen atoms in total. The molecule has 1 amide bonds. The molecule has 1 atom stereocenters. The highest BCUT2D eigenvalue weighted by atomic mass is 35.5. The van der Waals surface area contributed by atoms with E-state index < -0.39 is 0 Å². The fourth-order valence-electron chi connectivity index (χ4n) is 1.87. The van der Waals surface area contributed by atoms with Gasteiger partial charge in [-0.05, 0) is 56.4 Å². The summed E-state index contributed by atoms with van der Waals surface area (Å²) in [5, 5.41) is 3.65. The molecule has 0 aromatic heterocycles. The van der Waals surface area contributed by atoms with E-state index in [-0.39, 0.29) is 18.6 Å². The van der Waals surface area contributed by atoms with Gasteiger partial charge in [0.15, 0.2) is 6.61 Å². The molecule has 0 spiro atoms. The summed E-state index contributed by atoms with van der Waals surface area (Å²) in [7, 11) is 0. The van der Waals surface area contributed by atoms with Crippen molar-refractivity contribution in [3.05, 3.63) is 28.8 Å². The average molecular weight is 268 g/mol. The van der Waals surface area contributed by atoms with Crippen molar-refractivity contribution in [1.29, 1.82) is 0 Å². The van der Waals surface area contributed by atoms with Crippen LogP contribution < -0.4 is 10.1 Å². The number of hydrogen-bond acceptors (Lipinski definition) is 2. The van der Waals surface area contributed by atoms with E-state index >= 15 is 0 Å². The van der Waals surface area contributed by atoms with E-state index in [1.165, 1.54) is 12.8 Å². The van der Waals surface area contributed by atoms with Gasteiger partial charge in [-0.3, -0.25) is 4.79 Å². The van der Waals surface area contributed by atoms with Gasteiger partial charge in [-0.2, -0.15) is 0 Å². The molecule has 0 saturated heterocycles. The summed E-state index contributed by atoms with van der Waals surface area (Å²) in [6.07, 6.45) is 2.44. The van der Waals surface area contributed by atoms with Crippen LogP contribution in [0.4, 0.5) is 0 Å². The maximum atomic E-state index is 11.6. The molecule has 18 heavy (non-hydrogen) atoms. The molecule has 0 heterocycles. The first kappa shape index (κ1) is 13.2. The van der Waals surface area contributed by atoms with Gasteiger partial charge in [0.05, 0.1) is 0 Å². The number of rotatable bonds is 5. The van der Waals surface area contributed by atoms with Gasteiger partial charge >= 0.3 is 0 Å². The second kappa shape index (κ2) is 5.61. The first-order valence-electron chi connectivity index (χ1n) is 6.24. The van der Waals surface area contributed by atoms with Crippen LogP contribution >= 0.6 is 11.6 Å². The second-order valence-corrected chi connectivity index (χ2v) is 5.30. The molecule has 2 rings (SSSR count). The molecular formula is C14H18ClNO2. The molecule has 0 bridgehead atoms. The van der Waals surface area contributed by atoms with E-state index in [4.69, 9.17) is 16.3 Å². The molecule has 98 valence electrons. The minimum atomic E-state index is -0.0676. The third-order valence-corrected chi connectivity index (χ3v) is 3.64. The number of amides is 1. The van der Waals surface area contributed by atoms with Crippen molar-refractivity contribution in [1.82, 2.24) is 5.32 Å². The Kier molecular flexibility index (Phi) is 4.12. The van der Waals surface area contributed by atoms with E-state index in [1.807, 2.05) is 19.9 Å². The lowest BCUT2D eigenvalue weighted by Gasteiger charge is -2.13. The van der Waals surface area contributed by atoms with Crippen LogP contribution in [0.25, 0.3) is 0 Å². The van der Waals surface area contributed by atoms with Crippen molar-refractivity contribution < 1.29 is 9.53 Å². The second-order valence-electron chi connectivity index (χ2n) is 4.89. The minimum absolute atomic E-state index is 0.0537. The molecule has 1 aliphatic rings. The largest absolute Gasteiger partial charge is 0.484 e. The first-order chi connectivity index (χ1) is 8.56. The van der Waals surface area contributed by atoms with Gasteiger partial charge in [0, 0.05) is 11.1 Å². The lowest BCUT2D eigenvalue weighted by Crippen LogP contribution is -2.37. The summed E-state index contributed by atoms with van der Waals surface area (Å²) in [4.78, 5) is 11.6. The number of carbonyl (C=O) groups is 1. The number of aryl methyl sites for hydroxylation is 1. The topological polar surface area (TPSA) is 38.3 Å². The number of carbonyl (C=O) groups excluding carboxylic acids is 1. The zero-order valence-electron chi connectivity index (χ0n) is 10.7. The smallest absolute Gasteiger partial charge is 0.258 e. The van der Waals surface area contributed by atoms with Crippen LogP contribution in [0, 0.1) is 12.8 Å². The molecular weight excluding hydrogens is 250 g/mol. The Hall–Kier alpha value is -1.22. The zero-order chi connectivity index (χ0) is 13.1. The summed E-state index contributed by atoms with van der Waals surface area (Å²) in [6.45, 7) is 4.00. The summed E-state index contributed by atoms with van der Waals surface area (Å²) in [6, 6.07) is 5.64. The molecule has 0 radical (unpaired) electrons. The molecule has 1 aliphatic carbocycles. The summed E-state index contributed by atoms with van der Waals surface area (Å²) in [5.41, 5.74) is 0.945. The van der Waals surface area contributed by atoms with Gasteiger partial charge in [0.2, 0.25) is 0 Å². The van der Waals surface area contributed by atoms with Crippen LogP contribution in [0.1, 0.15) is 25.3 Å². The highest BCUT2D eigenvalue weighted by Crippen LogP contribution is 2.32. The summed E-state index contributed by atoms with van der Waals surface area (Å²) >= 11 is 5.92. The van der Waals surface area contributed by atoms with Gasteiger partial charge in [-0.25, -0.2) is 0 Å². The van der Waals surface area contributed by atoms with Gasteiger partial charge in [0.1, 0.15) is 5.75 Å². The predicted octanol–water partition coefficient (Wildman–Crippen LogP) is 2.94. The van der Waals surface area contributed by atoms with Gasteiger partial charge in [-0.15, -0.1) is 0 Å². The Morgan fingerprint density at radius 1 is 1.56 bits per heavy atom. The van der Waals surface area contributed by atoms with Crippen LogP contribution in [-0.2, 0) is 4.79 Å². The average Bonchev–Trinajstić information content (AvgIpc) is 3.14. The molecule has 1 aromatic carbocycles. The Labute approximate surface area is 112 Å². The number of nitrogens with one attached hydrogen (secondary N) is 1. The van der Waals surface area contributed by atoms with E-state index in [0.29, 0.717) is 16.7 Å².